The van der Waals surface area contributed by atoms with Gasteiger partial charge in [-0.25, -0.2) is 8.78 Å². The second-order valence-corrected chi connectivity index (χ2v) is 4.62. The number of alkyl halides is 2. The molecule has 1 fully saturated rings. The van der Waals surface area contributed by atoms with Crippen molar-refractivity contribution < 1.29 is 23.4 Å². The highest BCUT2D eigenvalue weighted by molar-refractivity contribution is 5.94. The molecule has 0 unspecified atom stereocenters. The van der Waals surface area contributed by atoms with Crippen molar-refractivity contribution in [1.82, 2.24) is 5.32 Å². The molecule has 1 saturated heterocycles. The number of amides is 1. The zero-order valence-electron chi connectivity index (χ0n) is 10.2. The molecule has 1 heterocycles. The Hall–Kier alpha value is -1.53. The number of hydrogen-bond donors (Lipinski definition) is 2. The molecule has 6 heteroatoms. The van der Waals surface area contributed by atoms with Gasteiger partial charge >= 0.3 is 0 Å². The largest absolute Gasteiger partial charge is 0.394 e. The predicted molar refractivity (Wildman–Crippen MR) is 64.1 cm³/mol. The zero-order valence-corrected chi connectivity index (χ0v) is 10.2. The van der Waals surface area contributed by atoms with E-state index in [1.54, 1.807) is 0 Å². The van der Waals surface area contributed by atoms with E-state index < -0.39 is 17.9 Å². The summed E-state index contributed by atoms with van der Waals surface area (Å²) in [5, 5.41) is 12.0. The first kappa shape index (κ1) is 13.9. The molecule has 2 rings (SSSR count). The van der Waals surface area contributed by atoms with Gasteiger partial charge in [0.2, 0.25) is 0 Å². The summed E-state index contributed by atoms with van der Waals surface area (Å²) < 4.78 is 30.3. The maximum atomic E-state index is 12.6. The van der Waals surface area contributed by atoms with Gasteiger partial charge in [-0.3, -0.25) is 4.79 Å². The second kappa shape index (κ2) is 5.63. The molecule has 0 saturated carbocycles. The molecule has 1 aliphatic rings. The van der Waals surface area contributed by atoms with Crippen LogP contribution in [-0.2, 0) is 4.74 Å². The molecule has 0 bridgehead atoms. The van der Waals surface area contributed by atoms with Crippen LogP contribution >= 0.6 is 0 Å². The van der Waals surface area contributed by atoms with E-state index in [0.717, 1.165) is 6.07 Å². The third-order valence-corrected chi connectivity index (χ3v) is 3.19. The highest BCUT2D eigenvalue weighted by Crippen LogP contribution is 2.21. The number of rotatable bonds is 4. The lowest BCUT2D eigenvalue weighted by atomic mass is 9.99. The molecule has 1 amide bonds. The fourth-order valence-corrected chi connectivity index (χ4v) is 2.00. The zero-order chi connectivity index (χ0) is 13.9. The molecule has 1 aliphatic heterocycles. The number of nitrogens with one attached hydrogen (secondary N) is 1. The lowest BCUT2D eigenvalue weighted by Gasteiger charge is -2.26. The number of hydrogen-bond acceptors (Lipinski definition) is 3. The Labute approximate surface area is 109 Å². The Morgan fingerprint density at radius 3 is 2.89 bits per heavy atom. The normalized spacial score (nSPS) is 22.7. The molecule has 1 aromatic carbocycles. The minimum absolute atomic E-state index is 0.150. The van der Waals surface area contributed by atoms with Crippen LogP contribution in [0.15, 0.2) is 24.3 Å². The van der Waals surface area contributed by atoms with Gasteiger partial charge in [-0.05, 0) is 18.6 Å². The first-order valence-corrected chi connectivity index (χ1v) is 5.95. The molecule has 0 aliphatic carbocycles. The number of aliphatic hydroxyl groups is 1. The molecular formula is C13H15F2NO3. The number of halogens is 2. The molecule has 1 aromatic rings. The molecule has 0 aromatic heterocycles. The number of carbonyl (C=O) groups excluding carboxylic acids is 1. The fourth-order valence-electron chi connectivity index (χ4n) is 2.00. The van der Waals surface area contributed by atoms with Crippen LogP contribution in [0.4, 0.5) is 8.78 Å². The average molecular weight is 271 g/mol. The van der Waals surface area contributed by atoms with Crippen LogP contribution in [0.5, 0.6) is 0 Å². The smallest absolute Gasteiger partial charge is 0.263 e. The van der Waals surface area contributed by atoms with Crippen molar-refractivity contribution in [3.8, 4) is 0 Å². The van der Waals surface area contributed by atoms with Crippen LogP contribution in [0.1, 0.15) is 28.8 Å². The van der Waals surface area contributed by atoms with Gasteiger partial charge in [0, 0.05) is 17.7 Å². The van der Waals surface area contributed by atoms with Crippen molar-refractivity contribution >= 4 is 5.91 Å². The van der Waals surface area contributed by atoms with Crippen molar-refractivity contribution in [2.45, 2.75) is 18.4 Å². The lowest BCUT2D eigenvalue weighted by Crippen LogP contribution is -2.52. The third-order valence-electron chi connectivity index (χ3n) is 3.19. The highest BCUT2D eigenvalue weighted by atomic mass is 19.3. The maximum absolute atomic E-state index is 12.6. The van der Waals surface area contributed by atoms with E-state index in [9.17, 15) is 18.7 Å². The first-order valence-electron chi connectivity index (χ1n) is 5.95. The van der Waals surface area contributed by atoms with Gasteiger partial charge < -0.3 is 15.2 Å². The summed E-state index contributed by atoms with van der Waals surface area (Å²) in [5.74, 6) is -0.484. The van der Waals surface area contributed by atoms with Crippen LogP contribution in [0.2, 0.25) is 0 Å². The van der Waals surface area contributed by atoms with Gasteiger partial charge in [0.15, 0.2) is 0 Å². The van der Waals surface area contributed by atoms with Gasteiger partial charge in [0.25, 0.3) is 12.3 Å². The minimum Gasteiger partial charge on any atom is -0.394 e. The third kappa shape index (κ3) is 3.08. The van der Waals surface area contributed by atoms with Gasteiger partial charge in [0.1, 0.15) is 0 Å². The molecule has 1 atom stereocenters. The number of benzene rings is 1. The van der Waals surface area contributed by atoms with Crippen LogP contribution < -0.4 is 5.32 Å². The van der Waals surface area contributed by atoms with Crippen LogP contribution in [0.25, 0.3) is 0 Å². The summed E-state index contributed by atoms with van der Waals surface area (Å²) in [6, 6.07) is 5.29. The molecule has 19 heavy (non-hydrogen) atoms. The maximum Gasteiger partial charge on any atom is 0.263 e. The van der Waals surface area contributed by atoms with E-state index in [0.29, 0.717) is 13.0 Å². The van der Waals surface area contributed by atoms with Crippen LogP contribution in [0.3, 0.4) is 0 Å². The van der Waals surface area contributed by atoms with E-state index in [4.69, 9.17) is 4.74 Å². The van der Waals surface area contributed by atoms with E-state index in [2.05, 4.69) is 5.32 Å². The number of ether oxygens (including phenoxy) is 1. The van der Waals surface area contributed by atoms with Gasteiger partial charge in [-0.15, -0.1) is 0 Å². The van der Waals surface area contributed by atoms with Gasteiger partial charge in [0.05, 0.1) is 18.8 Å². The van der Waals surface area contributed by atoms with Crippen molar-refractivity contribution in [3.05, 3.63) is 35.4 Å². The number of carbonyl (C=O) groups is 1. The van der Waals surface area contributed by atoms with Gasteiger partial charge in [-0.2, -0.15) is 0 Å². The topological polar surface area (TPSA) is 58.6 Å². The monoisotopic (exact) mass is 271 g/mol. The minimum atomic E-state index is -2.62. The Bertz CT molecular complexity index is 459. The Morgan fingerprint density at radius 2 is 2.32 bits per heavy atom. The van der Waals surface area contributed by atoms with Crippen molar-refractivity contribution in [2.75, 3.05) is 19.8 Å². The van der Waals surface area contributed by atoms with E-state index in [1.807, 2.05) is 0 Å². The fraction of sp³-hybridized carbons (Fsp3) is 0.462. The van der Waals surface area contributed by atoms with Crippen molar-refractivity contribution in [2.24, 2.45) is 0 Å². The summed E-state index contributed by atoms with van der Waals surface area (Å²) in [5.41, 5.74) is -0.858. The quantitative estimate of drug-likeness (QED) is 0.872. The molecule has 0 spiro atoms. The summed E-state index contributed by atoms with van der Waals surface area (Å²) in [6.45, 7) is 0.439. The Kier molecular flexibility index (Phi) is 4.11. The standard InChI is InChI=1S/C13H15F2NO3/c14-11(15)9-2-1-3-10(6-9)12(18)16-13(7-17)4-5-19-8-13/h1-3,6,11,17H,4-5,7-8H2,(H,16,18)/t13-/m1/s1. The average Bonchev–Trinajstić information content (AvgIpc) is 2.88. The highest BCUT2D eigenvalue weighted by Gasteiger charge is 2.36. The summed E-state index contributed by atoms with van der Waals surface area (Å²) in [4.78, 5) is 12.0. The lowest BCUT2D eigenvalue weighted by molar-refractivity contribution is 0.0789. The van der Waals surface area contributed by atoms with E-state index in [1.165, 1.54) is 18.2 Å². The molecule has 0 radical (unpaired) electrons. The number of aliphatic hydroxyl groups excluding tert-OH is 1. The second-order valence-electron chi connectivity index (χ2n) is 4.62. The Morgan fingerprint density at radius 1 is 1.53 bits per heavy atom. The van der Waals surface area contributed by atoms with E-state index >= 15 is 0 Å². The molecule has 4 nitrogen and oxygen atoms in total. The summed E-state index contributed by atoms with van der Waals surface area (Å²) in [6.07, 6.45) is -2.11. The van der Waals surface area contributed by atoms with E-state index in [-0.39, 0.29) is 24.3 Å². The molecular weight excluding hydrogens is 256 g/mol. The molecule has 104 valence electrons. The first-order chi connectivity index (χ1) is 9.06. The summed E-state index contributed by atoms with van der Waals surface area (Å²) >= 11 is 0. The predicted octanol–water partition coefficient (Wildman–Crippen LogP) is 1.51. The van der Waals surface area contributed by atoms with Crippen molar-refractivity contribution in [1.29, 1.82) is 0 Å². The SMILES string of the molecule is O=C(N[C@@]1(CO)CCOC1)c1cccc(C(F)F)c1. The summed E-state index contributed by atoms with van der Waals surface area (Å²) in [7, 11) is 0. The van der Waals surface area contributed by atoms with Crippen molar-refractivity contribution in [3.63, 3.8) is 0 Å². The van der Waals surface area contributed by atoms with Crippen LogP contribution in [-0.4, -0.2) is 36.4 Å². The van der Waals surface area contributed by atoms with Crippen LogP contribution in [0, 0.1) is 0 Å². The molecule has 2 N–H and O–H groups in total. The Balaban J connectivity index is 2.13. The van der Waals surface area contributed by atoms with Gasteiger partial charge in [-0.1, -0.05) is 12.1 Å².